The fraction of sp³-hybridized carbons (Fsp3) is 0.625. The first-order valence-electron chi connectivity index (χ1n) is 4.65. The van der Waals surface area contributed by atoms with Crippen molar-refractivity contribution in [2.24, 2.45) is 5.73 Å². The highest BCUT2D eigenvalue weighted by molar-refractivity contribution is 5.88. The third kappa shape index (κ3) is 2.51. The summed E-state index contributed by atoms with van der Waals surface area (Å²) in [7, 11) is 0. The standard InChI is InChI=1S/C8H14N4O3/c1-2-15-8(14)7-6(5-9)12(3-4-13)11-10-7/h13H,2-5,9H2,1H3. The van der Waals surface area contributed by atoms with Crippen molar-refractivity contribution in [3.8, 4) is 0 Å². The lowest BCUT2D eigenvalue weighted by atomic mass is 10.3. The van der Waals surface area contributed by atoms with Crippen molar-refractivity contribution in [1.82, 2.24) is 15.0 Å². The van der Waals surface area contributed by atoms with Crippen LogP contribution in [0.1, 0.15) is 23.1 Å². The molecule has 3 N–H and O–H groups in total. The summed E-state index contributed by atoms with van der Waals surface area (Å²) >= 11 is 0. The monoisotopic (exact) mass is 214 g/mol. The van der Waals surface area contributed by atoms with Crippen LogP contribution in [0.5, 0.6) is 0 Å². The molecule has 1 aromatic rings. The van der Waals surface area contributed by atoms with E-state index in [1.54, 1.807) is 6.92 Å². The minimum absolute atomic E-state index is 0.0847. The predicted molar refractivity (Wildman–Crippen MR) is 51.0 cm³/mol. The molecule has 0 fully saturated rings. The minimum Gasteiger partial charge on any atom is -0.461 e. The number of hydrogen-bond acceptors (Lipinski definition) is 6. The van der Waals surface area contributed by atoms with Crippen molar-refractivity contribution >= 4 is 5.97 Å². The lowest BCUT2D eigenvalue weighted by Gasteiger charge is -2.03. The number of nitrogens with zero attached hydrogens (tertiary/aromatic N) is 3. The zero-order valence-electron chi connectivity index (χ0n) is 8.51. The van der Waals surface area contributed by atoms with Crippen LogP contribution in [0.3, 0.4) is 0 Å². The SMILES string of the molecule is CCOC(=O)c1nnn(CCO)c1CN. The number of aliphatic hydroxyl groups excluding tert-OH is 1. The molecule has 0 amide bonds. The Labute approximate surface area is 86.8 Å². The van der Waals surface area contributed by atoms with E-state index in [-0.39, 0.29) is 32.0 Å². The van der Waals surface area contributed by atoms with Crippen molar-refractivity contribution in [3.05, 3.63) is 11.4 Å². The van der Waals surface area contributed by atoms with E-state index in [0.29, 0.717) is 5.69 Å². The number of carbonyl (C=O) groups excluding carboxylic acids is 1. The second-order valence-corrected chi connectivity index (χ2v) is 2.76. The molecule has 0 unspecified atom stereocenters. The van der Waals surface area contributed by atoms with Gasteiger partial charge < -0.3 is 15.6 Å². The van der Waals surface area contributed by atoms with Gasteiger partial charge in [-0.1, -0.05) is 5.21 Å². The van der Waals surface area contributed by atoms with Crippen molar-refractivity contribution in [2.75, 3.05) is 13.2 Å². The topological polar surface area (TPSA) is 103 Å². The smallest absolute Gasteiger partial charge is 0.360 e. The van der Waals surface area contributed by atoms with Crippen molar-refractivity contribution in [3.63, 3.8) is 0 Å². The number of nitrogens with two attached hydrogens (primary N) is 1. The molecule has 1 aromatic heterocycles. The van der Waals surface area contributed by atoms with Crippen LogP contribution in [0, 0.1) is 0 Å². The molecular weight excluding hydrogens is 200 g/mol. The Morgan fingerprint density at radius 1 is 1.67 bits per heavy atom. The van der Waals surface area contributed by atoms with E-state index in [4.69, 9.17) is 15.6 Å². The first-order valence-corrected chi connectivity index (χ1v) is 4.65. The van der Waals surface area contributed by atoms with Gasteiger partial charge in [0.05, 0.1) is 25.5 Å². The first kappa shape index (κ1) is 11.6. The highest BCUT2D eigenvalue weighted by atomic mass is 16.5. The van der Waals surface area contributed by atoms with E-state index in [1.807, 2.05) is 0 Å². The van der Waals surface area contributed by atoms with Gasteiger partial charge in [0.25, 0.3) is 0 Å². The van der Waals surface area contributed by atoms with Gasteiger partial charge in [0.2, 0.25) is 0 Å². The van der Waals surface area contributed by atoms with Gasteiger partial charge in [-0.25, -0.2) is 9.48 Å². The maximum atomic E-state index is 11.4. The number of rotatable bonds is 5. The number of esters is 1. The summed E-state index contributed by atoms with van der Waals surface area (Å²) in [6.07, 6.45) is 0. The summed E-state index contributed by atoms with van der Waals surface area (Å²) in [5.74, 6) is -0.540. The Morgan fingerprint density at radius 2 is 2.40 bits per heavy atom. The Balaban J connectivity index is 2.92. The molecule has 0 saturated carbocycles. The largest absolute Gasteiger partial charge is 0.461 e. The summed E-state index contributed by atoms with van der Waals surface area (Å²) in [5, 5.41) is 16.1. The number of aliphatic hydroxyl groups is 1. The number of carbonyl (C=O) groups is 1. The van der Waals surface area contributed by atoms with E-state index >= 15 is 0 Å². The second-order valence-electron chi connectivity index (χ2n) is 2.76. The molecule has 0 spiro atoms. The molecule has 0 saturated heterocycles. The Morgan fingerprint density at radius 3 is 2.93 bits per heavy atom. The summed E-state index contributed by atoms with van der Waals surface area (Å²) in [6, 6.07) is 0. The zero-order chi connectivity index (χ0) is 11.3. The van der Waals surface area contributed by atoms with Crippen molar-refractivity contribution in [1.29, 1.82) is 0 Å². The summed E-state index contributed by atoms with van der Waals surface area (Å²) in [4.78, 5) is 11.4. The first-order chi connectivity index (χ1) is 7.24. The fourth-order valence-corrected chi connectivity index (χ4v) is 1.17. The molecule has 1 heterocycles. The normalized spacial score (nSPS) is 10.3. The number of hydrogen-bond donors (Lipinski definition) is 2. The van der Waals surface area contributed by atoms with Gasteiger partial charge in [-0.3, -0.25) is 0 Å². The fourth-order valence-electron chi connectivity index (χ4n) is 1.17. The van der Waals surface area contributed by atoms with Gasteiger partial charge in [-0.2, -0.15) is 0 Å². The van der Waals surface area contributed by atoms with Crippen LogP contribution >= 0.6 is 0 Å². The van der Waals surface area contributed by atoms with E-state index in [9.17, 15) is 4.79 Å². The maximum Gasteiger partial charge on any atom is 0.360 e. The predicted octanol–water partition coefficient (Wildman–Crippen LogP) is -1.09. The van der Waals surface area contributed by atoms with Crippen molar-refractivity contribution < 1.29 is 14.6 Å². The van der Waals surface area contributed by atoms with Crippen molar-refractivity contribution in [2.45, 2.75) is 20.0 Å². The van der Waals surface area contributed by atoms with Gasteiger partial charge in [0.15, 0.2) is 5.69 Å². The Hall–Kier alpha value is -1.47. The average molecular weight is 214 g/mol. The molecule has 0 aliphatic carbocycles. The molecule has 84 valence electrons. The maximum absolute atomic E-state index is 11.4. The lowest BCUT2D eigenvalue weighted by molar-refractivity contribution is 0.0518. The van der Waals surface area contributed by atoms with Gasteiger partial charge in [0, 0.05) is 6.54 Å². The summed E-state index contributed by atoms with van der Waals surface area (Å²) in [6.45, 7) is 2.28. The van der Waals surface area contributed by atoms with E-state index in [0.717, 1.165) is 0 Å². The molecule has 0 bridgehead atoms. The molecule has 7 nitrogen and oxygen atoms in total. The summed E-state index contributed by atoms with van der Waals surface area (Å²) in [5.41, 5.74) is 6.06. The highest BCUT2D eigenvalue weighted by Crippen LogP contribution is 2.06. The highest BCUT2D eigenvalue weighted by Gasteiger charge is 2.19. The zero-order valence-corrected chi connectivity index (χ0v) is 8.51. The molecule has 0 aliphatic heterocycles. The average Bonchev–Trinajstić information content (AvgIpc) is 2.62. The summed E-state index contributed by atoms with van der Waals surface area (Å²) < 4.78 is 6.18. The van der Waals surface area contributed by atoms with Crippen LogP contribution in [-0.2, 0) is 17.8 Å². The van der Waals surface area contributed by atoms with Crippen LogP contribution in [0.15, 0.2) is 0 Å². The van der Waals surface area contributed by atoms with Crippen LogP contribution < -0.4 is 5.73 Å². The van der Waals surface area contributed by atoms with Crippen LogP contribution in [-0.4, -0.2) is 39.3 Å². The Bertz CT molecular complexity index is 337. The van der Waals surface area contributed by atoms with Gasteiger partial charge in [-0.05, 0) is 6.92 Å². The molecule has 0 radical (unpaired) electrons. The quantitative estimate of drug-likeness (QED) is 0.603. The molecular formula is C8H14N4O3. The van der Waals surface area contributed by atoms with Crippen LogP contribution in [0.25, 0.3) is 0 Å². The third-order valence-electron chi connectivity index (χ3n) is 1.81. The van der Waals surface area contributed by atoms with Crippen LogP contribution in [0.2, 0.25) is 0 Å². The Kier molecular flexibility index (Phi) is 4.19. The minimum atomic E-state index is -0.540. The molecule has 1 rings (SSSR count). The molecule has 7 heteroatoms. The molecule has 0 aromatic carbocycles. The van der Waals surface area contributed by atoms with Gasteiger partial charge in [-0.15, -0.1) is 5.10 Å². The lowest BCUT2D eigenvalue weighted by Crippen LogP contribution is -2.15. The number of aromatic nitrogens is 3. The van der Waals surface area contributed by atoms with E-state index in [1.165, 1.54) is 4.68 Å². The molecule has 0 atom stereocenters. The van der Waals surface area contributed by atoms with Gasteiger partial charge in [0.1, 0.15) is 0 Å². The second kappa shape index (κ2) is 5.42. The van der Waals surface area contributed by atoms with Gasteiger partial charge >= 0.3 is 5.97 Å². The van der Waals surface area contributed by atoms with Crippen LogP contribution in [0.4, 0.5) is 0 Å². The molecule has 0 aliphatic rings. The third-order valence-corrected chi connectivity index (χ3v) is 1.81. The van der Waals surface area contributed by atoms with E-state index in [2.05, 4.69) is 10.3 Å². The molecule has 15 heavy (non-hydrogen) atoms. The van der Waals surface area contributed by atoms with E-state index < -0.39 is 5.97 Å². The number of ether oxygens (including phenoxy) is 1.